The normalized spacial score (nSPS) is 12.6. The van der Waals surface area contributed by atoms with Gasteiger partial charge in [-0.15, -0.1) is 0 Å². The molecule has 0 aliphatic carbocycles. The minimum atomic E-state index is 0.257. The van der Waals surface area contributed by atoms with Gasteiger partial charge in [-0.3, -0.25) is 4.98 Å². The first-order valence-electron chi connectivity index (χ1n) is 5.55. The van der Waals surface area contributed by atoms with Gasteiger partial charge in [0.1, 0.15) is 0 Å². The lowest BCUT2D eigenvalue weighted by Crippen LogP contribution is -2.24. The lowest BCUT2D eigenvalue weighted by Gasteiger charge is -2.13. The van der Waals surface area contributed by atoms with Gasteiger partial charge in [0.2, 0.25) is 0 Å². The van der Waals surface area contributed by atoms with Gasteiger partial charge in [-0.2, -0.15) is 0 Å². The number of pyridine rings is 1. The number of ether oxygens (including phenoxy) is 2. The van der Waals surface area contributed by atoms with E-state index in [0.717, 1.165) is 12.2 Å². The molecule has 0 aromatic carbocycles. The van der Waals surface area contributed by atoms with E-state index < -0.39 is 0 Å². The molecular formula is C12H20N2O2. The SMILES string of the molecule is COCCOCCN[C@@H](C)c1ccccn1. The molecule has 0 bridgehead atoms. The smallest absolute Gasteiger partial charge is 0.0700 e. The van der Waals surface area contributed by atoms with Crippen LogP contribution in [0.5, 0.6) is 0 Å². The molecule has 0 unspecified atom stereocenters. The Balaban J connectivity index is 2.09. The van der Waals surface area contributed by atoms with Gasteiger partial charge in [0, 0.05) is 25.9 Å². The van der Waals surface area contributed by atoms with Gasteiger partial charge in [0.15, 0.2) is 0 Å². The Morgan fingerprint density at radius 3 is 2.88 bits per heavy atom. The van der Waals surface area contributed by atoms with Gasteiger partial charge < -0.3 is 14.8 Å². The summed E-state index contributed by atoms with van der Waals surface area (Å²) in [7, 11) is 1.67. The average molecular weight is 224 g/mol. The van der Waals surface area contributed by atoms with Crippen LogP contribution in [0.4, 0.5) is 0 Å². The summed E-state index contributed by atoms with van der Waals surface area (Å²) in [6.45, 7) is 4.91. The molecule has 4 nitrogen and oxygen atoms in total. The number of nitrogens with zero attached hydrogens (tertiary/aromatic N) is 1. The van der Waals surface area contributed by atoms with E-state index in [1.165, 1.54) is 0 Å². The number of rotatable bonds is 8. The molecule has 4 heteroatoms. The maximum absolute atomic E-state index is 5.35. The summed E-state index contributed by atoms with van der Waals surface area (Å²) in [5, 5.41) is 3.35. The lowest BCUT2D eigenvalue weighted by molar-refractivity contribution is 0.0712. The molecule has 16 heavy (non-hydrogen) atoms. The third-order valence-corrected chi connectivity index (χ3v) is 2.26. The second-order valence-corrected chi connectivity index (χ2v) is 3.54. The second-order valence-electron chi connectivity index (χ2n) is 3.54. The third-order valence-electron chi connectivity index (χ3n) is 2.26. The molecule has 0 saturated carbocycles. The first kappa shape index (κ1) is 13.1. The van der Waals surface area contributed by atoms with Crippen molar-refractivity contribution >= 4 is 0 Å². The van der Waals surface area contributed by atoms with E-state index >= 15 is 0 Å². The second kappa shape index (κ2) is 8.21. The quantitative estimate of drug-likeness (QED) is 0.678. The summed E-state index contributed by atoms with van der Waals surface area (Å²) in [5.74, 6) is 0. The van der Waals surface area contributed by atoms with Crippen LogP contribution in [0, 0.1) is 0 Å². The van der Waals surface area contributed by atoms with E-state index in [-0.39, 0.29) is 6.04 Å². The zero-order valence-corrected chi connectivity index (χ0v) is 9.98. The van der Waals surface area contributed by atoms with Crippen LogP contribution in [0.3, 0.4) is 0 Å². The highest BCUT2D eigenvalue weighted by Crippen LogP contribution is 2.06. The van der Waals surface area contributed by atoms with E-state index in [2.05, 4.69) is 17.2 Å². The molecule has 1 rings (SSSR count). The molecular weight excluding hydrogens is 204 g/mol. The van der Waals surface area contributed by atoms with Crippen molar-refractivity contribution in [2.24, 2.45) is 0 Å². The molecule has 0 aliphatic rings. The topological polar surface area (TPSA) is 43.4 Å². The number of methoxy groups -OCH3 is 1. The summed E-state index contributed by atoms with van der Waals surface area (Å²) in [4.78, 5) is 4.28. The Morgan fingerprint density at radius 2 is 2.19 bits per heavy atom. The van der Waals surface area contributed by atoms with Gasteiger partial charge in [-0.25, -0.2) is 0 Å². The van der Waals surface area contributed by atoms with Crippen LogP contribution < -0.4 is 5.32 Å². The van der Waals surface area contributed by atoms with Crippen LogP contribution in [0.15, 0.2) is 24.4 Å². The molecule has 1 N–H and O–H groups in total. The van der Waals surface area contributed by atoms with E-state index in [1.807, 2.05) is 24.4 Å². The van der Waals surface area contributed by atoms with Gasteiger partial charge >= 0.3 is 0 Å². The fourth-order valence-corrected chi connectivity index (χ4v) is 1.33. The van der Waals surface area contributed by atoms with Crippen LogP contribution in [-0.2, 0) is 9.47 Å². The van der Waals surface area contributed by atoms with Crippen molar-refractivity contribution in [3.8, 4) is 0 Å². The number of aromatic nitrogens is 1. The third kappa shape index (κ3) is 5.21. The number of nitrogens with one attached hydrogen (secondary N) is 1. The first-order valence-corrected chi connectivity index (χ1v) is 5.55. The van der Waals surface area contributed by atoms with E-state index in [9.17, 15) is 0 Å². The fraction of sp³-hybridized carbons (Fsp3) is 0.583. The van der Waals surface area contributed by atoms with E-state index in [0.29, 0.717) is 19.8 Å². The Hall–Kier alpha value is -0.970. The van der Waals surface area contributed by atoms with Crippen molar-refractivity contribution in [1.82, 2.24) is 10.3 Å². The maximum Gasteiger partial charge on any atom is 0.0700 e. The van der Waals surface area contributed by atoms with Crippen molar-refractivity contribution in [2.75, 3.05) is 33.5 Å². The Morgan fingerprint density at radius 1 is 1.31 bits per heavy atom. The Labute approximate surface area is 97.0 Å². The van der Waals surface area contributed by atoms with Crippen LogP contribution in [0.2, 0.25) is 0 Å². The molecule has 0 radical (unpaired) electrons. The summed E-state index contributed by atoms with van der Waals surface area (Å²) >= 11 is 0. The van der Waals surface area contributed by atoms with Crippen molar-refractivity contribution in [2.45, 2.75) is 13.0 Å². The zero-order chi connectivity index (χ0) is 11.6. The monoisotopic (exact) mass is 224 g/mol. The molecule has 0 spiro atoms. The van der Waals surface area contributed by atoms with Crippen molar-refractivity contribution in [3.63, 3.8) is 0 Å². The van der Waals surface area contributed by atoms with Crippen molar-refractivity contribution < 1.29 is 9.47 Å². The summed E-state index contributed by atoms with van der Waals surface area (Å²) in [6, 6.07) is 6.19. The molecule has 1 heterocycles. The fourth-order valence-electron chi connectivity index (χ4n) is 1.33. The molecule has 0 aliphatic heterocycles. The van der Waals surface area contributed by atoms with Gasteiger partial charge in [0.25, 0.3) is 0 Å². The van der Waals surface area contributed by atoms with E-state index in [1.54, 1.807) is 7.11 Å². The lowest BCUT2D eigenvalue weighted by atomic mass is 10.2. The maximum atomic E-state index is 5.35. The van der Waals surface area contributed by atoms with Crippen LogP contribution in [0.1, 0.15) is 18.7 Å². The highest BCUT2D eigenvalue weighted by Gasteiger charge is 2.03. The van der Waals surface area contributed by atoms with Crippen molar-refractivity contribution in [1.29, 1.82) is 0 Å². The summed E-state index contributed by atoms with van der Waals surface area (Å²) in [6.07, 6.45) is 1.81. The zero-order valence-electron chi connectivity index (χ0n) is 9.98. The molecule has 0 saturated heterocycles. The number of hydrogen-bond acceptors (Lipinski definition) is 4. The first-order chi connectivity index (χ1) is 7.84. The minimum absolute atomic E-state index is 0.257. The Bertz CT molecular complexity index is 267. The molecule has 0 amide bonds. The molecule has 0 fully saturated rings. The van der Waals surface area contributed by atoms with Crippen LogP contribution in [0.25, 0.3) is 0 Å². The van der Waals surface area contributed by atoms with E-state index in [4.69, 9.17) is 9.47 Å². The predicted octanol–water partition coefficient (Wildman–Crippen LogP) is 1.40. The largest absolute Gasteiger partial charge is 0.382 e. The highest BCUT2D eigenvalue weighted by atomic mass is 16.5. The molecule has 1 aromatic heterocycles. The molecule has 1 aromatic rings. The standard InChI is InChI=1S/C12H20N2O2/c1-11(12-5-3-4-6-14-12)13-7-8-16-10-9-15-2/h3-6,11,13H,7-10H2,1-2H3/t11-/m0/s1. The molecule has 90 valence electrons. The van der Waals surface area contributed by atoms with Crippen LogP contribution in [-0.4, -0.2) is 38.5 Å². The van der Waals surface area contributed by atoms with Crippen molar-refractivity contribution in [3.05, 3.63) is 30.1 Å². The van der Waals surface area contributed by atoms with Gasteiger partial charge in [-0.1, -0.05) is 6.07 Å². The predicted molar refractivity (Wildman–Crippen MR) is 63.3 cm³/mol. The van der Waals surface area contributed by atoms with Crippen LogP contribution >= 0.6 is 0 Å². The van der Waals surface area contributed by atoms with Gasteiger partial charge in [-0.05, 0) is 19.1 Å². The number of hydrogen-bond donors (Lipinski definition) is 1. The average Bonchev–Trinajstić information content (AvgIpc) is 2.34. The Kier molecular flexibility index (Phi) is 6.72. The highest BCUT2D eigenvalue weighted by molar-refractivity contribution is 5.07. The summed E-state index contributed by atoms with van der Waals surface area (Å²) in [5.41, 5.74) is 1.05. The molecule has 1 atom stereocenters. The summed E-state index contributed by atoms with van der Waals surface area (Å²) < 4.78 is 10.2. The minimum Gasteiger partial charge on any atom is -0.382 e. The van der Waals surface area contributed by atoms with Gasteiger partial charge in [0.05, 0.1) is 25.5 Å².